The van der Waals surface area contributed by atoms with Crippen LogP contribution in [-0.4, -0.2) is 60.8 Å². The number of amides is 1. The van der Waals surface area contributed by atoms with E-state index in [4.69, 9.17) is 4.74 Å². The third-order valence-corrected chi connectivity index (χ3v) is 5.52. The topological polar surface area (TPSA) is 92.7 Å². The number of nitrogens with zero attached hydrogens (tertiary/aromatic N) is 4. The number of cyclic esters (lactones) is 1. The molecule has 2 aliphatic rings. The summed E-state index contributed by atoms with van der Waals surface area (Å²) in [6.07, 6.45) is 5.30. The molecule has 3 heterocycles. The zero-order chi connectivity index (χ0) is 16.6. The highest BCUT2D eigenvalue weighted by molar-refractivity contribution is 7.88. The van der Waals surface area contributed by atoms with E-state index in [-0.39, 0.29) is 12.0 Å². The van der Waals surface area contributed by atoms with Gasteiger partial charge in [-0.05, 0) is 19.8 Å². The number of sulfonamides is 1. The molecule has 8 nitrogen and oxygen atoms in total. The molecule has 0 saturated carbocycles. The van der Waals surface area contributed by atoms with Crippen LogP contribution < -0.4 is 4.90 Å². The van der Waals surface area contributed by atoms with Crippen LogP contribution in [0.3, 0.4) is 0 Å². The molecule has 0 N–H and O–H groups in total. The summed E-state index contributed by atoms with van der Waals surface area (Å²) in [7, 11) is -3.14. The fourth-order valence-corrected chi connectivity index (χ4v) is 3.85. The van der Waals surface area contributed by atoms with Crippen molar-refractivity contribution in [1.82, 2.24) is 14.3 Å². The fourth-order valence-electron chi connectivity index (χ4n) is 2.97. The predicted molar refractivity (Wildman–Crippen MR) is 83.7 cm³/mol. The Balaban J connectivity index is 1.73. The van der Waals surface area contributed by atoms with Crippen LogP contribution in [0.2, 0.25) is 0 Å². The molecule has 0 unspecified atom stereocenters. The number of rotatable bonds is 3. The van der Waals surface area contributed by atoms with Gasteiger partial charge in [0.2, 0.25) is 10.0 Å². The van der Waals surface area contributed by atoms with Crippen molar-refractivity contribution in [3.8, 4) is 0 Å². The lowest BCUT2D eigenvalue weighted by atomic mass is 9.95. The lowest BCUT2D eigenvalue weighted by Crippen LogP contribution is -2.37. The highest BCUT2D eigenvalue weighted by Crippen LogP contribution is 2.29. The first kappa shape index (κ1) is 16.1. The fraction of sp³-hybridized carbons (Fsp3) is 0.643. The number of hydrogen-bond donors (Lipinski definition) is 0. The Bertz CT molecular complexity index is 700. The number of carbonyl (C=O) groups is 1. The minimum Gasteiger partial charge on any atom is -0.444 e. The molecule has 1 amide bonds. The van der Waals surface area contributed by atoms with Gasteiger partial charge in [0, 0.05) is 25.2 Å². The van der Waals surface area contributed by atoms with Crippen molar-refractivity contribution >= 4 is 21.9 Å². The third kappa shape index (κ3) is 3.45. The summed E-state index contributed by atoms with van der Waals surface area (Å²) in [5.74, 6) is 0.638. The van der Waals surface area contributed by atoms with E-state index in [9.17, 15) is 13.2 Å². The van der Waals surface area contributed by atoms with Gasteiger partial charge in [-0.15, -0.1) is 0 Å². The van der Waals surface area contributed by atoms with Crippen LogP contribution in [0.4, 0.5) is 10.6 Å². The Morgan fingerprint density at radius 3 is 2.52 bits per heavy atom. The van der Waals surface area contributed by atoms with Crippen molar-refractivity contribution < 1.29 is 17.9 Å². The molecule has 0 bridgehead atoms. The molecule has 9 heteroatoms. The second-order valence-electron chi connectivity index (χ2n) is 6.04. The van der Waals surface area contributed by atoms with Crippen molar-refractivity contribution in [2.24, 2.45) is 0 Å². The van der Waals surface area contributed by atoms with Crippen LogP contribution >= 0.6 is 0 Å². The Labute approximate surface area is 135 Å². The van der Waals surface area contributed by atoms with Gasteiger partial charge in [0.1, 0.15) is 6.10 Å². The zero-order valence-corrected chi connectivity index (χ0v) is 14.0. The number of carbonyl (C=O) groups excluding carboxylic acids is 1. The maximum absolute atomic E-state index is 11.8. The molecule has 0 aliphatic carbocycles. The molecule has 0 spiro atoms. The Morgan fingerprint density at radius 1 is 1.26 bits per heavy atom. The predicted octanol–water partition coefficient (Wildman–Crippen LogP) is 0.961. The van der Waals surface area contributed by atoms with Crippen LogP contribution in [0.25, 0.3) is 0 Å². The zero-order valence-electron chi connectivity index (χ0n) is 13.2. The van der Waals surface area contributed by atoms with Crippen LogP contribution in [0, 0.1) is 0 Å². The first-order valence-electron chi connectivity index (χ1n) is 7.60. The van der Waals surface area contributed by atoms with Gasteiger partial charge in [0.25, 0.3) is 0 Å². The van der Waals surface area contributed by atoms with E-state index in [2.05, 4.69) is 9.97 Å². The minimum absolute atomic E-state index is 0.150. The van der Waals surface area contributed by atoms with Gasteiger partial charge < -0.3 is 4.74 Å². The third-order valence-electron chi connectivity index (χ3n) is 4.22. The first-order chi connectivity index (χ1) is 10.8. The van der Waals surface area contributed by atoms with Crippen molar-refractivity contribution in [3.63, 3.8) is 0 Å². The van der Waals surface area contributed by atoms with Gasteiger partial charge in [-0.1, -0.05) is 0 Å². The number of piperidine rings is 1. The summed E-state index contributed by atoms with van der Waals surface area (Å²) in [5, 5.41) is 0. The van der Waals surface area contributed by atoms with Gasteiger partial charge in [0.15, 0.2) is 5.82 Å². The largest absolute Gasteiger partial charge is 0.444 e. The molecule has 2 saturated heterocycles. The van der Waals surface area contributed by atoms with E-state index in [0.29, 0.717) is 38.3 Å². The molecule has 1 aromatic rings. The van der Waals surface area contributed by atoms with E-state index in [1.807, 2.05) is 6.92 Å². The van der Waals surface area contributed by atoms with E-state index < -0.39 is 16.1 Å². The number of ether oxygens (including phenoxy) is 1. The molecular formula is C14H20N4O4S. The highest BCUT2D eigenvalue weighted by Gasteiger charge is 2.32. The lowest BCUT2D eigenvalue weighted by Gasteiger charge is -2.29. The smallest absolute Gasteiger partial charge is 0.415 e. The summed E-state index contributed by atoms with van der Waals surface area (Å²) in [6.45, 7) is 3.26. The van der Waals surface area contributed by atoms with Crippen molar-refractivity contribution in [2.45, 2.75) is 31.8 Å². The SMILES string of the molecule is C[C@H]1CN(c2cncc(C3CCN(S(C)(=O)=O)CC3)n2)C(=O)O1. The maximum atomic E-state index is 11.8. The van der Waals surface area contributed by atoms with Gasteiger partial charge in [-0.25, -0.2) is 22.5 Å². The summed E-state index contributed by atoms with van der Waals surface area (Å²) in [5.41, 5.74) is 0.794. The van der Waals surface area contributed by atoms with Crippen molar-refractivity contribution in [3.05, 3.63) is 18.1 Å². The Morgan fingerprint density at radius 2 is 1.96 bits per heavy atom. The quantitative estimate of drug-likeness (QED) is 0.814. The summed E-state index contributed by atoms with van der Waals surface area (Å²) < 4.78 is 29.7. The standard InChI is InChI=1S/C14H20N4O4S/c1-10-9-18(14(19)22-10)13-8-15-7-12(16-13)11-3-5-17(6-4-11)23(2,20)21/h7-8,10-11H,3-6,9H2,1-2H3/t10-/m0/s1. The maximum Gasteiger partial charge on any atom is 0.415 e. The Hall–Kier alpha value is -1.74. The summed E-state index contributed by atoms with van der Waals surface area (Å²) >= 11 is 0. The Kier molecular flexibility index (Phi) is 4.24. The molecule has 0 aromatic carbocycles. The summed E-state index contributed by atoms with van der Waals surface area (Å²) in [4.78, 5) is 22.0. The molecule has 23 heavy (non-hydrogen) atoms. The van der Waals surface area contributed by atoms with E-state index in [0.717, 1.165) is 5.69 Å². The van der Waals surface area contributed by atoms with Gasteiger partial charge >= 0.3 is 6.09 Å². The number of hydrogen-bond acceptors (Lipinski definition) is 6. The molecule has 126 valence electrons. The van der Waals surface area contributed by atoms with Crippen LogP contribution in [0.5, 0.6) is 0 Å². The molecule has 1 atom stereocenters. The number of anilines is 1. The second-order valence-corrected chi connectivity index (χ2v) is 8.03. The molecule has 3 rings (SSSR count). The average molecular weight is 340 g/mol. The van der Waals surface area contributed by atoms with Gasteiger partial charge in [-0.2, -0.15) is 0 Å². The van der Waals surface area contributed by atoms with Crippen molar-refractivity contribution in [1.29, 1.82) is 0 Å². The van der Waals surface area contributed by atoms with E-state index in [1.54, 1.807) is 12.4 Å². The van der Waals surface area contributed by atoms with Gasteiger partial charge in [0.05, 0.1) is 24.7 Å². The normalized spacial score (nSPS) is 24.0. The van der Waals surface area contributed by atoms with Crippen LogP contribution in [0.15, 0.2) is 12.4 Å². The molecule has 2 fully saturated rings. The molecule has 1 aromatic heterocycles. The minimum atomic E-state index is -3.14. The highest BCUT2D eigenvalue weighted by atomic mass is 32.2. The van der Waals surface area contributed by atoms with E-state index >= 15 is 0 Å². The number of aromatic nitrogens is 2. The average Bonchev–Trinajstić information content (AvgIpc) is 2.85. The first-order valence-corrected chi connectivity index (χ1v) is 9.44. The van der Waals surface area contributed by atoms with Gasteiger partial charge in [-0.3, -0.25) is 9.88 Å². The van der Waals surface area contributed by atoms with Crippen LogP contribution in [-0.2, 0) is 14.8 Å². The van der Waals surface area contributed by atoms with Crippen LogP contribution in [0.1, 0.15) is 31.4 Å². The molecular weight excluding hydrogens is 320 g/mol. The second kappa shape index (κ2) is 6.04. The molecule has 0 radical (unpaired) electrons. The summed E-state index contributed by atoms with van der Waals surface area (Å²) in [6, 6.07) is 0. The molecule has 2 aliphatic heterocycles. The van der Waals surface area contributed by atoms with E-state index in [1.165, 1.54) is 15.5 Å². The lowest BCUT2D eigenvalue weighted by molar-refractivity contribution is 0.150. The monoisotopic (exact) mass is 340 g/mol. The van der Waals surface area contributed by atoms with Crippen molar-refractivity contribution in [2.75, 3.05) is 30.8 Å².